The summed E-state index contributed by atoms with van der Waals surface area (Å²) >= 11 is 7.11. The minimum Gasteiger partial charge on any atom is -0.464 e. The summed E-state index contributed by atoms with van der Waals surface area (Å²) in [7, 11) is -3.85. The van der Waals surface area contributed by atoms with Gasteiger partial charge in [0.2, 0.25) is 5.91 Å². The lowest BCUT2D eigenvalue weighted by Crippen LogP contribution is -2.51. The standard InChI is InChI=1S/C21H17ClN4O5S2/c22-15-2-1-13-8-20(32-18(13)9-15)33(30,31)25-6-5-24(19(27)12-25)11-16-7-14-10-23-4-3-17(14)26(16)21(28)29/h1-4,7-10H,5-6,11-12H2,(H,28,29). The van der Waals surface area contributed by atoms with Crippen LogP contribution in [0.5, 0.6) is 0 Å². The second-order valence-electron chi connectivity index (χ2n) is 7.59. The average Bonchev–Trinajstić information content (AvgIpc) is 3.36. The molecule has 0 aliphatic carbocycles. The third kappa shape index (κ3) is 3.86. The molecule has 4 aromatic rings. The number of fused-ring (bicyclic) bond motifs is 2. The Hall–Kier alpha value is -2.99. The summed E-state index contributed by atoms with van der Waals surface area (Å²) in [5, 5.41) is 11.6. The van der Waals surface area contributed by atoms with E-state index in [2.05, 4.69) is 4.98 Å². The van der Waals surface area contributed by atoms with E-state index in [9.17, 15) is 23.1 Å². The van der Waals surface area contributed by atoms with Crippen LogP contribution in [0.1, 0.15) is 5.69 Å². The quantitative estimate of drug-likeness (QED) is 0.455. The van der Waals surface area contributed by atoms with Crippen LogP contribution >= 0.6 is 22.9 Å². The number of carbonyl (C=O) groups is 2. The number of benzene rings is 1. The van der Waals surface area contributed by atoms with Gasteiger partial charge < -0.3 is 10.0 Å². The van der Waals surface area contributed by atoms with Crippen LogP contribution in [0.2, 0.25) is 5.02 Å². The molecule has 1 aliphatic heterocycles. The number of piperazine rings is 1. The van der Waals surface area contributed by atoms with Gasteiger partial charge in [0, 0.05) is 46.3 Å². The number of thiophene rings is 1. The van der Waals surface area contributed by atoms with Crippen LogP contribution in [0.25, 0.3) is 21.0 Å². The van der Waals surface area contributed by atoms with Crippen molar-refractivity contribution in [2.45, 2.75) is 10.8 Å². The summed E-state index contributed by atoms with van der Waals surface area (Å²) in [6.45, 7) is -0.00656. The molecule has 1 fully saturated rings. The maximum Gasteiger partial charge on any atom is 0.416 e. The van der Waals surface area contributed by atoms with Crippen molar-refractivity contribution in [2.24, 2.45) is 0 Å². The molecule has 9 nitrogen and oxygen atoms in total. The number of sulfonamides is 1. The average molecular weight is 505 g/mol. The predicted molar refractivity (Wildman–Crippen MR) is 124 cm³/mol. The summed E-state index contributed by atoms with van der Waals surface area (Å²) < 4.78 is 29.5. The van der Waals surface area contributed by atoms with Crippen LogP contribution in [-0.4, -0.2) is 63.9 Å². The van der Waals surface area contributed by atoms with Crippen LogP contribution < -0.4 is 0 Å². The van der Waals surface area contributed by atoms with Crippen LogP contribution in [0.3, 0.4) is 0 Å². The fraction of sp³-hybridized carbons (Fsp3) is 0.190. The van der Waals surface area contributed by atoms with E-state index < -0.39 is 22.0 Å². The number of carboxylic acid groups (broad SMARTS) is 1. The number of pyridine rings is 1. The molecule has 0 radical (unpaired) electrons. The highest BCUT2D eigenvalue weighted by Gasteiger charge is 2.34. The summed E-state index contributed by atoms with van der Waals surface area (Å²) in [6, 6.07) is 10.0. The first-order valence-electron chi connectivity index (χ1n) is 9.89. The van der Waals surface area contributed by atoms with Crippen molar-refractivity contribution in [3.63, 3.8) is 0 Å². The van der Waals surface area contributed by atoms with Gasteiger partial charge in [-0.2, -0.15) is 4.31 Å². The molecule has 1 N–H and O–H groups in total. The lowest BCUT2D eigenvalue weighted by molar-refractivity contribution is -0.134. The smallest absolute Gasteiger partial charge is 0.416 e. The van der Waals surface area contributed by atoms with E-state index in [-0.39, 0.29) is 30.4 Å². The number of amides is 1. The molecule has 1 saturated heterocycles. The number of aromatic nitrogens is 2. The maximum atomic E-state index is 13.2. The maximum absolute atomic E-state index is 13.2. The molecule has 0 spiro atoms. The minimum atomic E-state index is -3.85. The molecule has 0 unspecified atom stereocenters. The Bertz CT molecular complexity index is 1530. The van der Waals surface area contributed by atoms with Crippen molar-refractivity contribution >= 4 is 66.0 Å². The number of nitrogens with zero attached hydrogens (tertiary/aromatic N) is 4. The highest BCUT2D eigenvalue weighted by atomic mass is 35.5. The molecule has 33 heavy (non-hydrogen) atoms. The Morgan fingerprint density at radius 2 is 1.97 bits per heavy atom. The molecule has 4 heterocycles. The van der Waals surface area contributed by atoms with Crippen LogP contribution in [0.4, 0.5) is 4.79 Å². The largest absolute Gasteiger partial charge is 0.464 e. The van der Waals surface area contributed by atoms with Crippen molar-refractivity contribution in [3.05, 3.63) is 59.5 Å². The monoisotopic (exact) mass is 504 g/mol. The third-order valence-corrected chi connectivity index (χ3v) is 9.19. The van der Waals surface area contributed by atoms with Gasteiger partial charge in [0.05, 0.1) is 18.6 Å². The highest BCUT2D eigenvalue weighted by molar-refractivity contribution is 7.91. The van der Waals surface area contributed by atoms with Gasteiger partial charge in [0.1, 0.15) is 4.21 Å². The number of hydrogen-bond acceptors (Lipinski definition) is 6. The molecule has 0 saturated carbocycles. The molecule has 170 valence electrons. The van der Waals surface area contributed by atoms with Crippen molar-refractivity contribution in [1.82, 2.24) is 18.8 Å². The molecule has 0 bridgehead atoms. The van der Waals surface area contributed by atoms with Gasteiger partial charge in [0.15, 0.2) is 0 Å². The second kappa shape index (κ2) is 8.10. The van der Waals surface area contributed by atoms with Crippen LogP contribution in [0, 0.1) is 0 Å². The third-order valence-electron chi connectivity index (χ3n) is 5.56. The molecular weight excluding hydrogens is 488 g/mol. The van der Waals surface area contributed by atoms with E-state index in [0.717, 1.165) is 30.3 Å². The first kappa shape index (κ1) is 21.8. The summed E-state index contributed by atoms with van der Waals surface area (Å²) in [6.07, 6.45) is 1.90. The lowest BCUT2D eigenvalue weighted by atomic mass is 10.3. The van der Waals surface area contributed by atoms with Gasteiger partial charge in [-0.05, 0) is 35.7 Å². The van der Waals surface area contributed by atoms with E-state index in [1.807, 2.05) is 0 Å². The first-order chi connectivity index (χ1) is 15.7. The Morgan fingerprint density at radius 3 is 2.73 bits per heavy atom. The Labute approximate surface area is 197 Å². The Kier molecular flexibility index (Phi) is 5.36. The SMILES string of the molecule is O=C1CN(S(=O)(=O)c2cc3ccc(Cl)cc3s2)CCN1Cc1cc2cnccc2n1C(=O)O. The van der Waals surface area contributed by atoms with E-state index in [0.29, 0.717) is 21.6 Å². The van der Waals surface area contributed by atoms with Crippen molar-refractivity contribution in [1.29, 1.82) is 0 Å². The normalized spacial score (nSPS) is 15.5. The number of hydrogen-bond donors (Lipinski definition) is 1. The molecule has 5 rings (SSSR count). The highest BCUT2D eigenvalue weighted by Crippen LogP contribution is 2.33. The fourth-order valence-corrected chi connectivity index (χ4v) is 7.15. The molecule has 1 aliphatic rings. The van der Waals surface area contributed by atoms with Crippen molar-refractivity contribution < 1.29 is 23.1 Å². The summed E-state index contributed by atoms with van der Waals surface area (Å²) in [4.78, 5) is 30.1. The molecule has 0 atom stereocenters. The first-order valence-corrected chi connectivity index (χ1v) is 12.5. The summed E-state index contributed by atoms with van der Waals surface area (Å²) in [5.41, 5.74) is 0.891. The van der Waals surface area contributed by atoms with Gasteiger partial charge in [-0.1, -0.05) is 17.7 Å². The zero-order chi connectivity index (χ0) is 23.3. The lowest BCUT2D eigenvalue weighted by Gasteiger charge is -2.33. The zero-order valence-electron chi connectivity index (χ0n) is 17.0. The minimum absolute atomic E-state index is 0.0507. The predicted octanol–water partition coefficient (Wildman–Crippen LogP) is 3.46. The fourth-order valence-electron chi connectivity index (χ4n) is 3.94. The van der Waals surface area contributed by atoms with Crippen LogP contribution in [-0.2, 0) is 21.4 Å². The Balaban J connectivity index is 1.37. The Morgan fingerprint density at radius 1 is 1.15 bits per heavy atom. The topological polar surface area (TPSA) is 113 Å². The van der Waals surface area contributed by atoms with Gasteiger partial charge in [-0.15, -0.1) is 11.3 Å². The molecule has 12 heteroatoms. The van der Waals surface area contributed by atoms with Gasteiger partial charge >= 0.3 is 6.09 Å². The number of halogens is 1. The van der Waals surface area contributed by atoms with Gasteiger partial charge in [-0.25, -0.2) is 17.8 Å². The molecule has 1 amide bonds. The van der Waals surface area contributed by atoms with Gasteiger partial charge in [-0.3, -0.25) is 9.78 Å². The van der Waals surface area contributed by atoms with E-state index in [1.165, 1.54) is 11.1 Å². The van der Waals surface area contributed by atoms with E-state index >= 15 is 0 Å². The van der Waals surface area contributed by atoms with E-state index in [1.54, 1.807) is 42.6 Å². The second-order valence-corrected chi connectivity index (χ2v) is 11.3. The van der Waals surface area contributed by atoms with Crippen molar-refractivity contribution in [2.75, 3.05) is 19.6 Å². The molecular formula is C21H17ClN4O5S2. The molecule has 1 aromatic carbocycles. The van der Waals surface area contributed by atoms with E-state index in [4.69, 9.17) is 11.6 Å². The van der Waals surface area contributed by atoms with Crippen molar-refractivity contribution in [3.8, 4) is 0 Å². The number of rotatable bonds is 4. The molecule has 3 aromatic heterocycles. The summed E-state index contributed by atoms with van der Waals surface area (Å²) in [5.74, 6) is -0.394. The van der Waals surface area contributed by atoms with Gasteiger partial charge in [0.25, 0.3) is 10.0 Å². The zero-order valence-corrected chi connectivity index (χ0v) is 19.4. The number of carbonyl (C=O) groups excluding carboxylic acids is 1. The van der Waals surface area contributed by atoms with Crippen LogP contribution in [0.15, 0.2) is 53.0 Å².